The zero-order valence-corrected chi connectivity index (χ0v) is 12.7. The smallest absolute Gasteiger partial charge is 0.242 e. The number of aromatic nitrogens is 2. The predicted octanol–water partition coefficient (Wildman–Crippen LogP) is 2.62. The van der Waals surface area contributed by atoms with E-state index in [1.807, 2.05) is 50.1 Å². The van der Waals surface area contributed by atoms with Crippen molar-refractivity contribution >= 4 is 17.2 Å². The number of nitrogens with zero attached hydrogens (tertiary/aromatic N) is 3. The van der Waals surface area contributed by atoms with Crippen LogP contribution < -0.4 is 20.1 Å². The lowest BCUT2D eigenvalue weighted by Crippen LogP contribution is -2.16. The van der Waals surface area contributed by atoms with Crippen LogP contribution in [0.25, 0.3) is 0 Å². The first-order valence-corrected chi connectivity index (χ1v) is 6.67. The van der Waals surface area contributed by atoms with E-state index in [1.54, 1.807) is 7.11 Å². The normalized spacial score (nSPS) is 10.5. The molecule has 0 aliphatic heterocycles. The zero-order valence-electron chi connectivity index (χ0n) is 12.7. The van der Waals surface area contributed by atoms with E-state index >= 15 is 0 Å². The minimum absolute atomic E-state index is 0.00262. The van der Waals surface area contributed by atoms with E-state index < -0.39 is 0 Å². The first-order valence-electron chi connectivity index (χ1n) is 6.67. The molecule has 0 radical (unpaired) electrons. The highest BCUT2D eigenvalue weighted by molar-refractivity contribution is 5.74. The highest BCUT2D eigenvalue weighted by atomic mass is 16.5. The number of ether oxygens (including phenoxy) is 2. The van der Waals surface area contributed by atoms with Gasteiger partial charge in [0.2, 0.25) is 5.88 Å². The number of nitrogen functional groups attached to an aromatic ring is 1. The summed E-state index contributed by atoms with van der Waals surface area (Å²) in [6.45, 7) is 3.85. The van der Waals surface area contributed by atoms with Crippen LogP contribution in [0, 0.1) is 0 Å². The molecule has 0 fully saturated rings. The molecule has 0 saturated carbocycles. The molecule has 1 aromatic carbocycles. The quantitative estimate of drug-likeness (QED) is 0.911. The van der Waals surface area contributed by atoms with Gasteiger partial charge in [-0.15, -0.1) is 0 Å². The second-order valence-corrected chi connectivity index (χ2v) is 4.84. The molecule has 0 amide bonds. The SMILES string of the molecule is COc1cccc(N(C)c2ncnc(OC(C)C)c2N)c1. The van der Waals surface area contributed by atoms with Gasteiger partial charge >= 0.3 is 0 Å². The Balaban J connectivity index is 2.36. The van der Waals surface area contributed by atoms with E-state index in [-0.39, 0.29) is 6.10 Å². The van der Waals surface area contributed by atoms with Crippen LogP contribution in [0.15, 0.2) is 30.6 Å². The van der Waals surface area contributed by atoms with Crippen molar-refractivity contribution in [3.8, 4) is 11.6 Å². The number of nitrogens with two attached hydrogens (primary N) is 1. The van der Waals surface area contributed by atoms with Crippen molar-refractivity contribution in [3.63, 3.8) is 0 Å². The van der Waals surface area contributed by atoms with Crippen molar-refractivity contribution in [2.45, 2.75) is 20.0 Å². The fourth-order valence-electron chi connectivity index (χ4n) is 1.90. The molecule has 6 heteroatoms. The van der Waals surface area contributed by atoms with Gasteiger partial charge in [-0.05, 0) is 26.0 Å². The molecule has 6 nitrogen and oxygen atoms in total. The molecule has 0 spiro atoms. The van der Waals surface area contributed by atoms with Gasteiger partial charge in [0.1, 0.15) is 17.8 Å². The summed E-state index contributed by atoms with van der Waals surface area (Å²) in [5, 5.41) is 0. The lowest BCUT2D eigenvalue weighted by Gasteiger charge is -2.21. The van der Waals surface area contributed by atoms with Gasteiger partial charge in [-0.3, -0.25) is 0 Å². The van der Waals surface area contributed by atoms with Gasteiger partial charge in [0.25, 0.3) is 0 Å². The molecule has 2 aromatic rings. The van der Waals surface area contributed by atoms with Crippen molar-refractivity contribution in [2.75, 3.05) is 24.8 Å². The minimum atomic E-state index is -0.00262. The molecule has 1 heterocycles. The maximum absolute atomic E-state index is 6.12. The Morgan fingerprint density at radius 2 is 2.00 bits per heavy atom. The molecule has 112 valence electrons. The molecular formula is C15H20N4O2. The average molecular weight is 288 g/mol. The number of anilines is 3. The minimum Gasteiger partial charge on any atom is -0.497 e. The summed E-state index contributed by atoms with van der Waals surface area (Å²) < 4.78 is 10.8. The van der Waals surface area contributed by atoms with Crippen LogP contribution in [0.2, 0.25) is 0 Å². The summed E-state index contributed by atoms with van der Waals surface area (Å²) in [5.74, 6) is 1.75. The summed E-state index contributed by atoms with van der Waals surface area (Å²) in [6, 6.07) is 7.65. The highest BCUT2D eigenvalue weighted by Crippen LogP contribution is 2.33. The number of hydrogen-bond donors (Lipinski definition) is 1. The van der Waals surface area contributed by atoms with Crippen LogP contribution in [0.1, 0.15) is 13.8 Å². The van der Waals surface area contributed by atoms with Crippen LogP contribution in [0.5, 0.6) is 11.6 Å². The Kier molecular flexibility index (Phi) is 4.47. The van der Waals surface area contributed by atoms with Crippen LogP contribution >= 0.6 is 0 Å². The van der Waals surface area contributed by atoms with Crippen LogP contribution in [-0.4, -0.2) is 30.2 Å². The van der Waals surface area contributed by atoms with Crippen molar-refractivity contribution in [3.05, 3.63) is 30.6 Å². The van der Waals surface area contributed by atoms with Gasteiger partial charge in [-0.1, -0.05) is 6.07 Å². The molecule has 2 rings (SSSR count). The van der Waals surface area contributed by atoms with Gasteiger partial charge in [-0.25, -0.2) is 4.98 Å². The molecule has 21 heavy (non-hydrogen) atoms. The predicted molar refractivity (Wildman–Crippen MR) is 83.3 cm³/mol. The second-order valence-electron chi connectivity index (χ2n) is 4.84. The number of rotatable bonds is 5. The van der Waals surface area contributed by atoms with E-state index in [1.165, 1.54) is 6.33 Å². The van der Waals surface area contributed by atoms with Crippen LogP contribution in [0.4, 0.5) is 17.2 Å². The first kappa shape index (κ1) is 14.9. The van der Waals surface area contributed by atoms with E-state index in [2.05, 4.69) is 9.97 Å². The zero-order chi connectivity index (χ0) is 15.4. The summed E-state index contributed by atoms with van der Waals surface area (Å²) >= 11 is 0. The first-order chi connectivity index (χ1) is 10.0. The summed E-state index contributed by atoms with van der Waals surface area (Å²) in [6.07, 6.45) is 1.44. The lowest BCUT2D eigenvalue weighted by atomic mass is 10.2. The van der Waals surface area contributed by atoms with Crippen molar-refractivity contribution in [1.29, 1.82) is 0 Å². The van der Waals surface area contributed by atoms with E-state index in [9.17, 15) is 0 Å². The lowest BCUT2D eigenvalue weighted by molar-refractivity contribution is 0.234. The molecule has 1 aromatic heterocycles. The van der Waals surface area contributed by atoms with Gasteiger partial charge in [-0.2, -0.15) is 4.98 Å². The second kappa shape index (κ2) is 6.30. The van der Waals surface area contributed by atoms with Crippen LogP contribution in [0.3, 0.4) is 0 Å². The standard InChI is InChI=1S/C15H20N4O2/c1-10(2)21-15-13(16)14(17-9-18-15)19(3)11-6-5-7-12(8-11)20-4/h5-10H,16H2,1-4H3. The van der Waals surface area contributed by atoms with Gasteiger partial charge in [0.05, 0.1) is 13.2 Å². The third kappa shape index (κ3) is 3.34. The fourth-order valence-corrected chi connectivity index (χ4v) is 1.90. The summed E-state index contributed by atoms with van der Waals surface area (Å²) in [4.78, 5) is 10.2. The number of methoxy groups -OCH3 is 1. The third-order valence-electron chi connectivity index (χ3n) is 2.93. The van der Waals surface area contributed by atoms with Gasteiger partial charge < -0.3 is 20.1 Å². The molecular weight excluding hydrogens is 268 g/mol. The van der Waals surface area contributed by atoms with E-state index in [0.29, 0.717) is 17.4 Å². The molecule has 0 saturated heterocycles. The molecule has 0 bridgehead atoms. The van der Waals surface area contributed by atoms with Gasteiger partial charge in [0.15, 0.2) is 5.82 Å². The average Bonchev–Trinajstić information content (AvgIpc) is 2.48. The number of hydrogen-bond acceptors (Lipinski definition) is 6. The highest BCUT2D eigenvalue weighted by Gasteiger charge is 2.15. The van der Waals surface area contributed by atoms with Gasteiger partial charge in [0, 0.05) is 18.8 Å². The monoisotopic (exact) mass is 288 g/mol. The van der Waals surface area contributed by atoms with E-state index in [0.717, 1.165) is 11.4 Å². The summed E-state index contributed by atoms with van der Waals surface area (Å²) in [7, 11) is 3.51. The topological polar surface area (TPSA) is 73.5 Å². The molecule has 0 atom stereocenters. The van der Waals surface area contributed by atoms with Crippen LogP contribution in [-0.2, 0) is 0 Å². The third-order valence-corrected chi connectivity index (χ3v) is 2.93. The largest absolute Gasteiger partial charge is 0.497 e. The summed E-state index contributed by atoms with van der Waals surface area (Å²) in [5.41, 5.74) is 7.44. The maximum Gasteiger partial charge on any atom is 0.242 e. The Bertz CT molecular complexity index is 616. The molecule has 0 unspecified atom stereocenters. The Labute approximate surface area is 124 Å². The van der Waals surface area contributed by atoms with Crippen molar-refractivity contribution in [2.24, 2.45) is 0 Å². The van der Waals surface area contributed by atoms with Crippen molar-refractivity contribution in [1.82, 2.24) is 9.97 Å². The molecule has 0 aliphatic rings. The maximum atomic E-state index is 6.12. The Morgan fingerprint density at radius 1 is 1.24 bits per heavy atom. The molecule has 2 N–H and O–H groups in total. The van der Waals surface area contributed by atoms with E-state index in [4.69, 9.17) is 15.2 Å². The Hall–Kier alpha value is -2.50. The molecule has 0 aliphatic carbocycles. The fraction of sp³-hybridized carbons (Fsp3) is 0.333. The Morgan fingerprint density at radius 3 is 2.67 bits per heavy atom. The number of benzene rings is 1. The van der Waals surface area contributed by atoms with Crippen molar-refractivity contribution < 1.29 is 9.47 Å².